The second kappa shape index (κ2) is 5.48. The van der Waals surface area contributed by atoms with Crippen LogP contribution in [0.2, 0.25) is 0 Å². The number of likely N-dealkylation sites (tertiary alicyclic amines) is 1. The number of aromatic nitrogens is 1. The van der Waals surface area contributed by atoms with Gasteiger partial charge in [0.25, 0.3) is 0 Å². The van der Waals surface area contributed by atoms with Crippen molar-refractivity contribution < 1.29 is 0 Å². The first-order valence-corrected chi connectivity index (χ1v) is 6.59. The second-order valence-electron chi connectivity index (χ2n) is 5.41. The Labute approximate surface area is 109 Å². The number of nitrogens with two attached hydrogens (primary N) is 1. The van der Waals surface area contributed by atoms with Gasteiger partial charge in [0.2, 0.25) is 0 Å². The summed E-state index contributed by atoms with van der Waals surface area (Å²) >= 11 is 0. The molecule has 0 spiro atoms. The first kappa shape index (κ1) is 13.0. The molecule has 0 amide bonds. The molecule has 0 bridgehead atoms. The number of nitrogen functional groups attached to an aromatic ring is 1. The zero-order chi connectivity index (χ0) is 13.1. The third-order valence-corrected chi connectivity index (χ3v) is 3.76. The van der Waals surface area contributed by atoms with Crippen molar-refractivity contribution in [3.05, 3.63) is 29.6 Å². The highest BCUT2D eigenvalue weighted by atomic mass is 15.2. The van der Waals surface area contributed by atoms with E-state index in [0.717, 1.165) is 19.0 Å². The fourth-order valence-corrected chi connectivity index (χ4v) is 2.65. The van der Waals surface area contributed by atoms with Gasteiger partial charge in [-0.25, -0.2) is 0 Å². The fraction of sp³-hybridized carbons (Fsp3) is 0.571. The molecular formula is C14H22N4. The Hall–Kier alpha value is -1.42. The van der Waals surface area contributed by atoms with Crippen LogP contribution in [0.5, 0.6) is 0 Å². The Morgan fingerprint density at radius 3 is 3.00 bits per heavy atom. The van der Waals surface area contributed by atoms with E-state index in [1.807, 2.05) is 12.1 Å². The van der Waals surface area contributed by atoms with Gasteiger partial charge in [0, 0.05) is 18.8 Å². The van der Waals surface area contributed by atoms with E-state index in [4.69, 9.17) is 11.1 Å². The highest BCUT2D eigenvalue weighted by Gasteiger charge is 2.22. The van der Waals surface area contributed by atoms with Crippen LogP contribution in [0.4, 0.5) is 0 Å². The van der Waals surface area contributed by atoms with Crippen LogP contribution in [-0.2, 0) is 6.54 Å². The molecule has 2 atom stereocenters. The Kier molecular flexibility index (Phi) is 3.97. The lowest BCUT2D eigenvalue weighted by Crippen LogP contribution is -2.39. The van der Waals surface area contributed by atoms with E-state index in [0.29, 0.717) is 11.7 Å². The van der Waals surface area contributed by atoms with E-state index in [2.05, 4.69) is 23.7 Å². The van der Waals surface area contributed by atoms with E-state index in [1.54, 1.807) is 6.20 Å². The number of pyridine rings is 1. The normalized spacial score (nSPS) is 25.0. The van der Waals surface area contributed by atoms with Gasteiger partial charge in [0.15, 0.2) is 0 Å². The molecule has 3 N–H and O–H groups in total. The number of nitrogens with one attached hydrogen (secondary N) is 1. The van der Waals surface area contributed by atoms with Gasteiger partial charge in [-0.15, -0.1) is 0 Å². The average Bonchev–Trinajstić information content (AvgIpc) is 2.33. The molecule has 1 aromatic rings. The van der Waals surface area contributed by atoms with Crippen molar-refractivity contribution in [3.8, 4) is 0 Å². The summed E-state index contributed by atoms with van der Waals surface area (Å²) in [5, 5.41) is 7.42. The number of piperidine rings is 1. The molecule has 1 fully saturated rings. The summed E-state index contributed by atoms with van der Waals surface area (Å²) in [6.45, 7) is 6.70. The summed E-state index contributed by atoms with van der Waals surface area (Å²) in [7, 11) is 0. The monoisotopic (exact) mass is 246 g/mol. The number of hydrogen-bond donors (Lipinski definition) is 2. The zero-order valence-electron chi connectivity index (χ0n) is 11.2. The number of amidine groups is 1. The lowest BCUT2D eigenvalue weighted by Gasteiger charge is -2.36. The molecule has 1 aliphatic rings. The third-order valence-electron chi connectivity index (χ3n) is 3.76. The maximum absolute atomic E-state index is 7.42. The predicted molar refractivity (Wildman–Crippen MR) is 73.5 cm³/mol. The topological polar surface area (TPSA) is 66.0 Å². The van der Waals surface area contributed by atoms with Gasteiger partial charge >= 0.3 is 0 Å². The highest BCUT2D eigenvalue weighted by molar-refractivity contribution is 5.93. The zero-order valence-corrected chi connectivity index (χ0v) is 11.2. The minimum Gasteiger partial charge on any atom is -0.382 e. The Balaban J connectivity index is 2.05. The molecule has 18 heavy (non-hydrogen) atoms. The van der Waals surface area contributed by atoms with Crippen LogP contribution in [0.1, 0.15) is 37.9 Å². The molecule has 4 nitrogen and oxygen atoms in total. The summed E-state index contributed by atoms with van der Waals surface area (Å²) in [5.41, 5.74) is 7.23. The lowest BCUT2D eigenvalue weighted by molar-refractivity contribution is 0.122. The molecular weight excluding hydrogens is 224 g/mol. The summed E-state index contributed by atoms with van der Waals surface area (Å²) < 4.78 is 0. The van der Waals surface area contributed by atoms with Crippen molar-refractivity contribution >= 4 is 5.84 Å². The molecule has 1 saturated heterocycles. The predicted octanol–water partition coefficient (Wildman–Crippen LogP) is 1.99. The van der Waals surface area contributed by atoms with Crippen LogP contribution in [0, 0.1) is 11.3 Å². The molecule has 2 heterocycles. The summed E-state index contributed by atoms with van der Waals surface area (Å²) in [6.07, 6.45) is 4.28. The summed E-state index contributed by atoms with van der Waals surface area (Å²) in [5.74, 6) is 0.874. The second-order valence-corrected chi connectivity index (χ2v) is 5.41. The lowest BCUT2D eigenvalue weighted by atomic mass is 9.93. The average molecular weight is 246 g/mol. The fourth-order valence-electron chi connectivity index (χ4n) is 2.65. The van der Waals surface area contributed by atoms with Crippen molar-refractivity contribution in [2.75, 3.05) is 6.54 Å². The maximum atomic E-state index is 7.42. The van der Waals surface area contributed by atoms with Gasteiger partial charge in [-0.1, -0.05) is 6.92 Å². The van der Waals surface area contributed by atoms with Gasteiger partial charge in [-0.2, -0.15) is 0 Å². The van der Waals surface area contributed by atoms with Crippen LogP contribution < -0.4 is 5.73 Å². The Morgan fingerprint density at radius 2 is 2.33 bits per heavy atom. The van der Waals surface area contributed by atoms with Crippen LogP contribution in [0.25, 0.3) is 0 Å². The van der Waals surface area contributed by atoms with E-state index in [-0.39, 0.29) is 5.84 Å². The van der Waals surface area contributed by atoms with Crippen molar-refractivity contribution in [2.45, 2.75) is 39.3 Å². The number of hydrogen-bond acceptors (Lipinski definition) is 3. The summed E-state index contributed by atoms with van der Waals surface area (Å²) in [6, 6.07) is 4.56. The quantitative estimate of drug-likeness (QED) is 0.633. The van der Waals surface area contributed by atoms with Crippen molar-refractivity contribution in [1.82, 2.24) is 9.88 Å². The van der Waals surface area contributed by atoms with E-state index < -0.39 is 0 Å². The van der Waals surface area contributed by atoms with Gasteiger partial charge in [0.1, 0.15) is 11.5 Å². The number of nitrogens with zero attached hydrogens (tertiary/aromatic N) is 2. The Bertz CT molecular complexity index is 430. The highest BCUT2D eigenvalue weighted by Crippen LogP contribution is 2.23. The Morgan fingerprint density at radius 1 is 1.56 bits per heavy atom. The molecule has 4 heteroatoms. The van der Waals surface area contributed by atoms with Crippen molar-refractivity contribution in [1.29, 1.82) is 5.41 Å². The van der Waals surface area contributed by atoms with Gasteiger partial charge < -0.3 is 5.73 Å². The third kappa shape index (κ3) is 3.07. The van der Waals surface area contributed by atoms with Crippen LogP contribution in [0.15, 0.2) is 18.3 Å². The molecule has 0 aliphatic carbocycles. The van der Waals surface area contributed by atoms with E-state index >= 15 is 0 Å². The van der Waals surface area contributed by atoms with Crippen molar-refractivity contribution in [3.63, 3.8) is 0 Å². The maximum Gasteiger partial charge on any atom is 0.141 e. The molecule has 98 valence electrons. The van der Waals surface area contributed by atoms with Crippen LogP contribution in [0.3, 0.4) is 0 Å². The smallest absolute Gasteiger partial charge is 0.141 e. The van der Waals surface area contributed by atoms with Crippen LogP contribution >= 0.6 is 0 Å². The molecule has 0 radical (unpaired) electrons. The largest absolute Gasteiger partial charge is 0.382 e. The van der Waals surface area contributed by atoms with Gasteiger partial charge in [-0.05, 0) is 49.9 Å². The molecule has 0 aromatic carbocycles. The van der Waals surface area contributed by atoms with Crippen molar-refractivity contribution in [2.24, 2.45) is 11.7 Å². The first-order valence-electron chi connectivity index (χ1n) is 6.59. The standard InChI is InChI=1S/C14H22N4/c1-10-4-6-18(11(2)7-10)9-12-3-5-17-13(8-12)14(15)16/h3,5,8,10-11H,4,6-7,9H2,1-2H3,(H3,15,16). The van der Waals surface area contributed by atoms with Gasteiger partial charge in [0.05, 0.1) is 0 Å². The van der Waals surface area contributed by atoms with E-state index in [9.17, 15) is 0 Å². The molecule has 0 saturated carbocycles. The molecule has 1 aliphatic heterocycles. The number of rotatable bonds is 3. The summed E-state index contributed by atoms with van der Waals surface area (Å²) in [4.78, 5) is 6.59. The SMILES string of the molecule is CC1CCN(Cc2ccnc(C(=N)N)c2)C(C)C1. The molecule has 2 rings (SSSR count). The first-order chi connectivity index (χ1) is 8.56. The molecule has 2 unspecified atom stereocenters. The van der Waals surface area contributed by atoms with E-state index in [1.165, 1.54) is 18.4 Å². The molecule has 1 aromatic heterocycles. The van der Waals surface area contributed by atoms with Gasteiger partial charge in [-0.3, -0.25) is 15.3 Å². The van der Waals surface area contributed by atoms with Crippen LogP contribution in [-0.4, -0.2) is 28.3 Å². The minimum atomic E-state index is 0.0390. The minimum absolute atomic E-state index is 0.0390.